The van der Waals surface area contributed by atoms with Gasteiger partial charge in [-0.1, -0.05) is 31.2 Å². The Balaban J connectivity index is 2.27. The van der Waals surface area contributed by atoms with Crippen LogP contribution in [0.4, 0.5) is 0 Å². The van der Waals surface area contributed by atoms with Gasteiger partial charge in [0.25, 0.3) is 0 Å². The molecule has 0 bridgehead atoms. The lowest BCUT2D eigenvalue weighted by molar-refractivity contribution is -0.131. The molecular formula is C14H19NO. The fourth-order valence-corrected chi connectivity index (χ4v) is 2.55. The highest BCUT2D eigenvalue weighted by Gasteiger charge is 2.29. The van der Waals surface area contributed by atoms with E-state index in [-0.39, 0.29) is 5.91 Å². The van der Waals surface area contributed by atoms with Gasteiger partial charge in [0.05, 0.1) is 6.04 Å². The summed E-state index contributed by atoms with van der Waals surface area (Å²) in [6.45, 7) is 4.99. The minimum Gasteiger partial charge on any atom is -0.336 e. The zero-order valence-corrected chi connectivity index (χ0v) is 10.1. The summed E-state index contributed by atoms with van der Waals surface area (Å²) in [5, 5.41) is 0. The normalized spacial score (nSPS) is 20.1. The molecule has 1 fully saturated rings. The summed E-state index contributed by atoms with van der Waals surface area (Å²) in [6, 6.07) is 8.71. The summed E-state index contributed by atoms with van der Waals surface area (Å²) in [7, 11) is 0. The minimum atomic E-state index is 0.283. The van der Waals surface area contributed by atoms with Crippen LogP contribution in [0, 0.1) is 6.92 Å². The Kier molecular flexibility index (Phi) is 3.28. The first-order valence-electron chi connectivity index (χ1n) is 6.09. The quantitative estimate of drug-likeness (QED) is 0.745. The molecule has 1 aliphatic heterocycles. The molecule has 1 aliphatic rings. The molecule has 16 heavy (non-hydrogen) atoms. The molecule has 2 heteroatoms. The fraction of sp³-hybridized carbons (Fsp3) is 0.500. The molecule has 0 saturated carbocycles. The standard InChI is InChI=1S/C14H19NO/c1-3-14(16)15-10-6-9-13(15)12-8-5-4-7-11(12)2/h4-5,7-8,13H,3,6,9-10H2,1-2H3/t13-/m0/s1. The molecule has 0 N–H and O–H groups in total. The van der Waals surface area contributed by atoms with E-state index in [1.807, 2.05) is 11.8 Å². The van der Waals surface area contributed by atoms with Crippen LogP contribution in [0.5, 0.6) is 0 Å². The second-order valence-electron chi connectivity index (χ2n) is 4.46. The third-order valence-corrected chi connectivity index (χ3v) is 3.42. The fourth-order valence-electron chi connectivity index (χ4n) is 2.55. The van der Waals surface area contributed by atoms with E-state index in [2.05, 4.69) is 31.2 Å². The molecule has 1 heterocycles. The number of nitrogens with zero attached hydrogens (tertiary/aromatic N) is 1. The highest BCUT2D eigenvalue weighted by Crippen LogP contribution is 2.33. The first-order valence-corrected chi connectivity index (χ1v) is 6.09. The SMILES string of the molecule is CCC(=O)N1CCC[C@H]1c1ccccc1C. The maximum atomic E-state index is 11.8. The van der Waals surface area contributed by atoms with E-state index in [1.54, 1.807) is 0 Å². The first-order chi connectivity index (χ1) is 7.74. The van der Waals surface area contributed by atoms with Crippen LogP contribution in [0.2, 0.25) is 0 Å². The smallest absolute Gasteiger partial charge is 0.222 e. The number of hydrogen-bond donors (Lipinski definition) is 0. The Morgan fingerprint density at radius 1 is 1.44 bits per heavy atom. The van der Waals surface area contributed by atoms with E-state index in [9.17, 15) is 4.79 Å². The van der Waals surface area contributed by atoms with E-state index < -0.39 is 0 Å². The average molecular weight is 217 g/mol. The summed E-state index contributed by atoms with van der Waals surface area (Å²) < 4.78 is 0. The van der Waals surface area contributed by atoms with Gasteiger partial charge in [0.2, 0.25) is 5.91 Å². The topological polar surface area (TPSA) is 20.3 Å². The van der Waals surface area contributed by atoms with Crippen molar-refractivity contribution < 1.29 is 4.79 Å². The Morgan fingerprint density at radius 3 is 2.88 bits per heavy atom. The molecule has 1 aromatic rings. The molecule has 1 saturated heterocycles. The van der Waals surface area contributed by atoms with Crippen LogP contribution in [0.1, 0.15) is 43.4 Å². The molecule has 0 unspecified atom stereocenters. The highest BCUT2D eigenvalue weighted by molar-refractivity contribution is 5.76. The van der Waals surface area contributed by atoms with Crippen LogP contribution >= 0.6 is 0 Å². The van der Waals surface area contributed by atoms with Crippen molar-refractivity contribution in [2.24, 2.45) is 0 Å². The molecule has 0 aliphatic carbocycles. The van der Waals surface area contributed by atoms with Crippen LogP contribution in [0.25, 0.3) is 0 Å². The van der Waals surface area contributed by atoms with Crippen molar-refractivity contribution in [1.29, 1.82) is 0 Å². The van der Waals surface area contributed by atoms with E-state index in [0.717, 1.165) is 19.4 Å². The number of rotatable bonds is 2. The first kappa shape index (κ1) is 11.2. The van der Waals surface area contributed by atoms with Gasteiger partial charge in [-0.3, -0.25) is 4.79 Å². The van der Waals surface area contributed by atoms with Crippen LogP contribution in [-0.2, 0) is 4.79 Å². The van der Waals surface area contributed by atoms with Crippen molar-refractivity contribution in [2.45, 2.75) is 39.2 Å². The average Bonchev–Trinajstić information content (AvgIpc) is 2.77. The van der Waals surface area contributed by atoms with Crippen LogP contribution in [0.15, 0.2) is 24.3 Å². The van der Waals surface area contributed by atoms with Crippen molar-refractivity contribution in [3.8, 4) is 0 Å². The van der Waals surface area contributed by atoms with E-state index >= 15 is 0 Å². The summed E-state index contributed by atoms with van der Waals surface area (Å²) >= 11 is 0. The summed E-state index contributed by atoms with van der Waals surface area (Å²) in [6.07, 6.45) is 2.85. The van der Waals surface area contributed by atoms with Crippen molar-refractivity contribution in [1.82, 2.24) is 4.90 Å². The molecule has 1 atom stereocenters. The molecule has 0 aromatic heterocycles. The summed E-state index contributed by atoms with van der Waals surface area (Å²) in [4.78, 5) is 13.9. The zero-order chi connectivity index (χ0) is 11.5. The maximum absolute atomic E-state index is 11.8. The van der Waals surface area contributed by atoms with Gasteiger partial charge in [-0.2, -0.15) is 0 Å². The molecule has 1 aromatic carbocycles. The van der Waals surface area contributed by atoms with Gasteiger partial charge in [0, 0.05) is 13.0 Å². The van der Waals surface area contributed by atoms with Crippen LogP contribution < -0.4 is 0 Å². The maximum Gasteiger partial charge on any atom is 0.222 e. The third-order valence-electron chi connectivity index (χ3n) is 3.42. The van der Waals surface area contributed by atoms with Crippen molar-refractivity contribution >= 4 is 5.91 Å². The predicted molar refractivity (Wildman–Crippen MR) is 65.2 cm³/mol. The van der Waals surface area contributed by atoms with Crippen molar-refractivity contribution in [2.75, 3.05) is 6.54 Å². The Morgan fingerprint density at radius 2 is 2.19 bits per heavy atom. The van der Waals surface area contributed by atoms with E-state index in [1.165, 1.54) is 11.1 Å². The van der Waals surface area contributed by atoms with Gasteiger partial charge in [0.15, 0.2) is 0 Å². The Labute approximate surface area is 97.3 Å². The second kappa shape index (κ2) is 4.69. The third kappa shape index (κ3) is 1.97. The van der Waals surface area contributed by atoms with Crippen molar-refractivity contribution in [3.05, 3.63) is 35.4 Å². The Bertz CT molecular complexity index is 386. The summed E-state index contributed by atoms with van der Waals surface area (Å²) in [5.74, 6) is 0.283. The van der Waals surface area contributed by atoms with Gasteiger partial charge in [-0.05, 0) is 30.9 Å². The van der Waals surface area contributed by atoms with Gasteiger partial charge in [-0.15, -0.1) is 0 Å². The van der Waals surface area contributed by atoms with E-state index in [4.69, 9.17) is 0 Å². The highest BCUT2D eigenvalue weighted by atomic mass is 16.2. The molecule has 2 rings (SSSR count). The van der Waals surface area contributed by atoms with Gasteiger partial charge < -0.3 is 4.90 Å². The second-order valence-corrected chi connectivity index (χ2v) is 4.46. The summed E-state index contributed by atoms with van der Waals surface area (Å²) in [5.41, 5.74) is 2.62. The van der Waals surface area contributed by atoms with E-state index in [0.29, 0.717) is 12.5 Å². The lowest BCUT2D eigenvalue weighted by atomic mass is 9.99. The molecular weight excluding hydrogens is 198 g/mol. The molecule has 0 spiro atoms. The van der Waals surface area contributed by atoms with Crippen LogP contribution in [-0.4, -0.2) is 17.4 Å². The number of likely N-dealkylation sites (tertiary alicyclic amines) is 1. The number of aryl methyl sites for hydroxylation is 1. The number of benzene rings is 1. The largest absolute Gasteiger partial charge is 0.336 e. The molecule has 0 radical (unpaired) electrons. The van der Waals surface area contributed by atoms with Crippen LogP contribution in [0.3, 0.4) is 0 Å². The Hall–Kier alpha value is -1.31. The number of hydrogen-bond acceptors (Lipinski definition) is 1. The van der Waals surface area contributed by atoms with Gasteiger partial charge in [0.1, 0.15) is 0 Å². The van der Waals surface area contributed by atoms with Gasteiger partial charge in [-0.25, -0.2) is 0 Å². The lowest BCUT2D eigenvalue weighted by Crippen LogP contribution is -2.30. The minimum absolute atomic E-state index is 0.283. The molecule has 1 amide bonds. The lowest BCUT2D eigenvalue weighted by Gasteiger charge is -2.25. The molecule has 2 nitrogen and oxygen atoms in total. The van der Waals surface area contributed by atoms with Crippen molar-refractivity contribution in [3.63, 3.8) is 0 Å². The number of carbonyl (C=O) groups is 1. The predicted octanol–water partition coefficient (Wildman–Crippen LogP) is 3.07. The number of carbonyl (C=O) groups excluding carboxylic acids is 1. The van der Waals surface area contributed by atoms with Gasteiger partial charge >= 0.3 is 0 Å². The molecule has 86 valence electrons. The number of amides is 1. The zero-order valence-electron chi connectivity index (χ0n) is 10.1. The monoisotopic (exact) mass is 217 g/mol.